The summed E-state index contributed by atoms with van der Waals surface area (Å²) in [5.74, 6) is 0. The lowest BCUT2D eigenvalue weighted by Crippen LogP contribution is -1.99. The molecule has 0 unspecified atom stereocenters. The van der Waals surface area contributed by atoms with Crippen LogP contribution in [0.5, 0.6) is 0 Å². The lowest BCUT2D eigenvalue weighted by Gasteiger charge is -2.08. The number of benzene rings is 2. The average Bonchev–Trinajstić information content (AvgIpc) is 2.39. The van der Waals surface area contributed by atoms with E-state index >= 15 is 0 Å². The molecule has 0 atom stereocenters. The topological polar surface area (TPSA) is 101 Å². The molecule has 2 rings (SSSR count). The number of nitrogens with one attached hydrogen (secondary N) is 1. The maximum atomic E-state index is 11.0. The van der Waals surface area contributed by atoms with Crippen molar-refractivity contribution >= 4 is 22.7 Å². The van der Waals surface area contributed by atoms with Crippen LogP contribution >= 0.6 is 0 Å². The zero-order valence-electron chi connectivity index (χ0n) is 10.0. The normalized spacial score (nSPS) is 10.2. The van der Waals surface area contributed by atoms with Crippen molar-refractivity contribution in [1.29, 1.82) is 0 Å². The molecule has 6 heteroatoms. The first-order chi connectivity index (χ1) is 9.10. The number of anilines is 3. The molecule has 2 aromatic rings. The van der Waals surface area contributed by atoms with Crippen LogP contribution in [0.1, 0.15) is 5.56 Å². The van der Waals surface area contributed by atoms with Gasteiger partial charge < -0.3 is 16.2 Å². The molecular formula is C13H13N3O3. The monoisotopic (exact) mass is 259 g/mol. The van der Waals surface area contributed by atoms with Gasteiger partial charge in [0.15, 0.2) is 0 Å². The van der Waals surface area contributed by atoms with Crippen LogP contribution in [0.2, 0.25) is 0 Å². The Hall–Kier alpha value is -2.60. The Morgan fingerprint density at radius 3 is 2.68 bits per heavy atom. The van der Waals surface area contributed by atoms with Gasteiger partial charge >= 0.3 is 0 Å². The van der Waals surface area contributed by atoms with Crippen LogP contribution in [0.4, 0.5) is 22.7 Å². The van der Waals surface area contributed by atoms with E-state index in [1.54, 1.807) is 36.4 Å². The highest BCUT2D eigenvalue weighted by Crippen LogP contribution is 2.29. The van der Waals surface area contributed by atoms with Gasteiger partial charge in [-0.1, -0.05) is 12.1 Å². The molecule has 0 radical (unpaired) electrons. The first-order valence-corrected chi connectivity index (χ1v) is 5.61. The molecule has 6 nitrogen and oxygen atoms in total. The van der Waals surface area contributed by atoms with Crippen molar-refractivity contribution in [3.8, 4) is 0 Å². The number of nitrogens with two attached hydrogens (primary N) is 1. The number of hydrogen-bond acceptors (Lipinski definition) is 5. The summed E-state index contributed by atoms with van der Waals surface area (Å²) in [6, 6.07) is 11.5. The minimum absolute atomic E-state index is 0.0889. The van der Waals surface area contributed by atoms with E-state index in [0.29, 0.717) is 22.6 Å². The number of aliphatic hydroxyl groups excluding tert-OH is 1. The Morgan fingerprint density at radius 1 is 1.26 bits per heavy atom. The van der Waals surface area contributed by atoms with Crippen LogP contribution < -0.4 is 11.1 Å². The summed E-state index contributed by atoms with van der Waals surface area (Å²) < 4.78 is 0. The molecule has 0 aliphatic rings. The molecule has 0 aromatic heterocycles. The molecule has 98 valence electrons. The van der Waals surface area contributed by atoms with Gasteiger partial charge in [0.2, 0.25) is 0 Å². The van der Waals surface area contributed by atoms with Crippen LogP contribution in [-0.2, 0) is 6.61 Å². The summed E-state index contributed by atoms with van der Waals surface area (Å²) in [6.45, 7) is -0.237. The summed E-state index contributed by atoms with van der Waals surface area (Å²) >= 11 is 0. The predicted octanol–water partition coefficient (Wildman–Crippen LogP) is 2.41. The fourth-order valence-corrected chi connectivity index (χ4v) is 1.70. The maximum absolute atomic E-state index is 11.0. The van der Waals surface area contributed by atoms with E-state index in [4.69, 9.17) is 10.8 Å². The molecule has 0 spiro atoms. The average molecular weight is 259 g/mol. The molecule has 0 saturated heterocycles. The van der Waals surface area contributed by atoms with E-state index in [1.807, 2.05) is 0 Å². The number of aliphatic hydroxyl groups is 1. The Labute approximate surface area is 109 Å². The van der Waals surface area contributed by atoms with Crippen LogP contribution in [0.15, 0.2) is 42.5 Å². The minimum Gasteiger partial charge on any atom is -0.399 e. The zero-order chi connectivity index (χ0) is 13.8. The quantitative estimate of drug-likeness (QED) is 0.444. The van der Waals surface area contributed by atoms with E-state index in [1.165, 1.54) is 6.07 Å². The third-order valence-corrected chi connectivity index (χ3v) is 2.61. The molecular weight excluding hydrogens is 246 g/mol. The molecule has 4 N–H and O–H groups in total. The van der Waals surface area contributed by atoms with Gasteiger partial charge in [-0.25, -0.2) is 0 Å². The standard InChI is InChI=1S/C13H13N3O3/c14-10-2-1-3-11(7-10)15-12-5-4-9(8-17)6-13(12)16(18)19/h1-7,15,17H,8,14H2. The van der Waals surface area contributed by atoms with Crippen molar-refractivity contribution < 1.29 is 10.0 Å². The number of nitrogens with zero attached hydrogens (tertiary/aromatic N) is 1. The number of nitro groups is 1. The van der Waals surface area contributed by atoms with Crippen molar-refractivity contribution in [2.45, 2.75) is 6.61 Å². The van der Waals surface area contributed by atoms with Gasteiger partial charge in [-0.05, 0) is 29.8 Å². The van der Waals surface area contributed by atoms with Crippen molar-refractivity contribution in [3.05, 3.63) is 58.1 Å². The summed E-state index contributed by atoms with van der Waals surface area (Å²) in [5, 5.41) is 23.0. The highest BCUT2D eigenvalue weighted by atomic mass is 16.6. The Morgan fingerprint density at radius 2 is 2.05 bits per heavy atom. The summed E-state index contributed by atoms with van der Waals surface area (Å²) in [4.78, 5) is 10.5. The summed E-state index contributed by atoms with van der Waals surface area (Å²) in [5.41, 5.74) is 7.64. The second kappa shape index (κ2) is 5.36. The number of nitrogen functional groups attached to an aromatic ring is 1. The molecule has 0 amide bonds. The Kier molecular flexibility index (Phi) is 3.63. The molecule has 0 fully saturated rings. The van der Waals surface area contributed by atoms with Gasteiger partial charge in [0.1, 0.15) is 5.69 Å². The highest BCUT2D eigenvalue weighted by molar-refractivity contribution is 5.71. The molecule has 0 aliphatic heterocycles. The predicted molar refractivity (Wildman–Crippen MR) is 73.2 cm³/mol. The fourth-order valence-electron chi connectivity index (χ4n) is 1.70. The van der Waals surface area contributed by atoms with Crippen molar-refractivity contribution in [1.82, 2.24) is 0 Å². The molecule has 0 bridgehead atoms. The van der Waals surface area contributed by atoms with E-state index in [-0.39, 0.29) is 12.3 Å². The number of hydrogen-bond donors (Lipinski definition) is 3. The molecule has 19 heavy (non-hydrogen) atoms. The summed E-state index contributed by atoms with van der Waals surface area (Å²) in [7, 11) is 0. The fraction of sp³-hybridized carbons (Fsp3) is 0.0769. The van der Waals surface area contributed by atoms with Gasteiger partial charge in [0.25, 0.3) is 5.69 Å². The van der Waals surface area contributed by atoms with Gasteiger partial charge in [0, 0.05) is 17.4 Å². The van der Waals surface area contributed by atoms with Gasteiger partial charge in [0.05, 0.1) is 11.5 Å². The van der Waals surface area contributed by atoms with Gasteiger partial charge in [-0.2, -0.15) is 0 Å². The first kappa shape index (κ1) is 12.8. The van der Waals surface area contributed by atoms with Gasteiger partial charge in [-0.15, -0.1) is 0 Å². The second-order valence-electron chi connectivity index (χ2n) is 4.02. The molecule has 0 heterocycles. The third-order valence-electron chi connectivity index (χ3n) is 2.61. The summed E-state index contributed by atoms with van der Waals surface area (Å²) in [6.07, 6.45) is 0. The molecule has 2 aromatic carbocycles. The molecule has 0 aliphatic carbocycles. The SMILES string of the molecule is Nc1cccc(Nc2ccc(CO)cc2[N+](=O)[O-])c1. The maximum Gasteiger partial charge on any atom is 0.293 e. The van der Waals surface area contributed by atoms with Crippen LogP contribution in [0.3, 0.4) is 0 Å². The van der Waals surface area contributed by atoms with Crippen molar-refractivity contribution in [2.75, 3.05) is 11.1 Å². The lowest BCUT2D eigenvalue weighted by atomic mass is 10.1. The smallest absolute Gasteiger partial charge is 0.293 e. The van der Waals surface area contributed by atoms with Crippen molar-refractivity contribution in [2.24, 2.45) is 0 Å². The first-order valence-electron chi connectivity index (χ1n) is 5.61. The van der Waals surface area contributed by atoms with E-state index in [2.05, 4.69) is 5.32 Å². The van der Waals surface area contributed by atoms with Crippen molar-refractivity contribution in [3.63, 3.8) is 0 Å². The van der Waals surface area contributed by atoms with Crippen LogP contribution in [0, 0.1) is 10.1 Å². The minimum atomic E-state index is -0.492. The van der Waals surface area contributed by atoms with Crippen LogP contribution in [0.25, 0.3) is 0 Å². The second-order valence-corrected chi connectivity index (χ2v) is 4.02. The van der Waals surface area contributed by atoms with E-state index in [9.17, 15) is 10.1 Å². The van der Waals surface area contributed by atoms with Crippen LogP contribution in [-0.4, -0.2) is 10.0 Å². The van der Waals surface area contributed by atoms with E-state index < -0.39 is 4.92 Å². The Bertz CT molecular complexity index is 614. The Balaban J connectivity index is 2.36. The number of nitro benzene ring substituents is 1. The largest absolute Gasteiger partial charge is 0.399 e. The van der Waals surface area contributed by atoms with E-state index in [0.717, 1.165) is 0 Å². The molecule has 0 saturated carbocycles. The third kappa shape index (κ3) is 2.99. The lowest BCUT2D eigenvalue weighted by molar-refractivity contribution is -0.384. The highest BCUT2D eigenvalue weighted by Gasteiger charge is 2.14. The van der Waals surface area contributed by atoms with Gasteiger partial charge in [-0.3, -0.25) is 10.1 Å². The number of rotatable bonds is 4. The zero-order valence-corrected chi connectivity index (χ0v) is 10.0.